The van der Waals surface area contributed by atoms with Gasteiger partial charge < -0.3 is 14.9 Å². The molecule has 3 aromatic rings. The Morgan fingerprint density at radius 1 is 0.914 bits per heavy atom. The van der Waals surface area contributed by atoms with E-state index in [9.17, 15) is 14.4 Å². The lowest BCUT2D eigenvalue weighted by molar-refractivity contribution is -0.137. The second-order valence-corrected chi connectivity index (χ2v) is 9.10. The van der Waals surface area contributed by atoms with Crippen LogP contribution in [0.5, 0.6) is 0 Å². The SMILES string of the molecule is O=C(O)Nc1nc2cccc(-c3ccc(C(=O)N4CCCC(C(=O)N5CCCCC5)C4)cc3)n2n1. The summed E-state index contributed by atoms with van der Waals surface area (Å²) in [6.45, 7) is 2.78. The van der Waals surface area contributed by atoms with E-state index >= 15 is 0 Å². The van der Waals surface area contributed by atoms with Crippen molar-refractivity contribution in [3.63, 3.8) is 0 Å². The van der Waals surface area contributed by atoms with Gasteiger partial charge in [-0.15, -0.1) is 5.10 Å². The summed E-state index contributed by atoms with van der Waals surface area (Å²) in [6.07, 6.45) is 3.73. The first-order chi connectivity index (χ1) is 17.0. The summed E-state index contributed by atoms with van der Waals surface area (Å²) in [5, 5.41) is 15.3. The molecule has 10 heteroatoms. The van der Waals surface area contributed by atoms with Crippen LogP contribution in [-0.2, 0) is 4.79 Å². The van der Waals surface area contributed by atoms with E-state index in [1.54, 1.807) is 27.6 Å². The number of amides is 3. The highest BCUT2D eigenvalue weighted by atomic mass is 16.4. The molecule has 2 saturated heterocycles. The van der Waals surface area contributed by atoms with Crippen molar-refractivity contribution < 1.29 is 19.5 Å². The van der Waals surface area contributed by atoms with Gasteiger partial charge in [-0.3, -0.25) is 14.9 Å². The number of fused-ring (bicyclic) bond motifs is 1. The number of carbonyl (C=O) groups is 3. The fourth-order valence-electron chi connectivity index (χ4n) is 4.97. The van der Waals surface area contributed by atoms with E-state index in [0.29, 0.717) is 24.3 Å². The van der Waals surface area contributed by atoms with Gasteiger partial charge in [-0.05, 0) is 56.4 Å². The number of aromatic nitrogens is 3. The number of nitrogens with zero attached hydrogens (tertiary/aromatic N) is 5. The molecule has 1 aromatic carbocycles. The van der Waals surface area contributed by atoms with Crippen molar-refractivity contribution in [2.45, 2.75) is 32.1 Å². The van der Waals surface area contributed by atoms with Crippen LogP contribution in [0.25, 0.3) is 16.9 Å². The second kappa shape index (κ2) is 9.73. The molecule has 2 aromatic heterocycles. The fraction of sp³-hybridized carbons (Fsp3) is 0.400. The van der Waals surface area contributed by atoms with Gasteiger partial charge in [0.25, 0.3) is 11.9 Å². The van der Waals surface area contributed by atoms with Gasteiger partial charge in [0, 0.05) is 37.3 Å². The first kappa shape index (κ1) is 22.8. The van der Waals surface area contributed by atoms with Crippen molar-refractivity contribution in [2.75, 3.05) is 31.5 Å². The number of likely N-dealkylation sites (tertiary alicyclic amines) is 2. The molecule has 0 spiro atoms. The van der Waals surface area contributed by atoms with Crippen LogP contribution < -0.4 is 5.32 Å². The molecule has 0 radical (unpaired) electrons. The van der Waals surface area contributed by atoms with Crippen LogP contribution in [0.3, 0.4) is 0 Å². The quantitative estimate of drug-likeness (QED) is 0.596. The Hall–Kier alpha value is -3.95. The third kappa shape index (κ3) is 4.82. The monoisotopic (exact) mass is 476 g/mol. The number of hydrogen-bond donors (Lipinski definition) is 2. The highest BCUT2D eigenvalue weighted by Crippen LogP contribution is 2.25. The van der Waals surface area contributed by atoms with Crippen LogP contribution in [0.4, 0.5) is 10.7 Å². The third-order valence-corrected chi connectivity index (χ3v) is 6.73. The van der Waals surface area contributed by atoms with E-state index < -0.39 is 6.09 Å². The number of carboxylic acid groups (broad SMARTS) is 1. The van der Waals surface area contributed by atoms with E-state index in [-0.39, 0.29) is 23.7 Å². The number of nitrogens with one attached hydrogen (secondary N) is 1. The number of anilines is 1. The summed E-state index contributed by atoms with van der Waals surface area (Å²) in [6, 6.07) is 12.6. The lowest BCUT2D eigenvalue weighted by atomic mass is 9.95. The van der Waals surface area contributed by atoms with E-state index in [1.807, 2.05) is 29.2 Å². The molecule has 0 saturated carbocycles. The largest absolute Gasteiger partial charge is 0.465 e. The molecule has 5 rings (SSSR count). The van der Waals surface area contributed by atoms with Gasteiger partial charge in [0.15, 0.2) is 5.65 Å². The van der Waals surface area contributed by atoms with Crippen molar-refractivity contribution in [3.05, 3.63) is 48.0 Å². The zero-order valence-corrected chi connectivity index (χ0v) is 19.4. The van der Waals surface area contributed by atoms with Crippen LogP contribution in [0.1, 0.15) is 42.5 Å². The number of carbonyl (C=O) groups excluding carboxylic acids is 2. The van der Waals surface area contributed by atoms with Gasteiger partial charge in [0.2, 0.25) is 5.91 Å². The van der Waals surface area contributed by atoms with Crippen LogP contribution in [0.2, 0.25) is 0 Å². The molecular weight excluding hydrogens is 448 g/mol. The maximum atomic E-state index is 13.2. The zero-order chi connectivity index (χ0) is 24.4. The van der Waals surface area contributed by atoms with Gasteiger partial charge in [-0.25, -0.2) is 9.31 Å². The number of piperidine rings is 2. The van der Waals surface area contributed by atoms with Crippen molar-refractivity contribution in [1.82, 2.24) is 24.4 Å². The topological polar surface area (TPSA) is 120 Å². The summed E-state index contributed by atoms with van der Waals surface area (Å²) >= 11 is 0. The first-order valence-corrected chi connectivity index (χ1v) is 12.0. The highest BCUT2D eigenvalue weighted by molar-refractivity contribution is 5.95. The van der Waals surface area contributed by atoms with E-state index in [0.717, 1.165) is 50.0 Å². The fourth-order valence-corrected chi connectivity index (χ4v) is 4.97. The van der Waals surface area contributed by atoms with Gasteiger partial charge in [-0.2, -0.15) is 4.98 Å². The van der Waals surface area contributed by atoms with Gasteiger partial charge >= 0.3 is 6.09 Å². The molecule has 35 heavy (non-hydrogen) atoms. The van der Waals surface area contributed by atoms with Crippen LogP contribution in [-0.4, -0.2) is 73.6 Å². The Labute approximate surface area is 202 Å². The molecular formula is C25H28N6O4. The minimum absolute atomic E-state index is 0.00417. The molecule has 2 aliphatic rings. The Bertz CT molecular complexity index is 1250. The smallest absolute Gasteiger partial charge is 0.411 e. The average Bonchev–Trinajstić information content (AvgIpc) is 3.30. The molecule has 1 unspecified atom stereocenters. The first-order valence-electron chi connectivity index (χ1n) is 12.0. The van der Waals surface area contributed by atoms with Crippen molar-refractivity contribution in [1.29, 1.82) is 0 Å². The third-order valence-electron chi connectivity index (χ3n) is 6.73. The molecule has 4 heterocycles. The van der Waals surface area contributed by atoms with Gasteiger partial charge in [-0.1, -0.05) is 18.2 Å². The van der Waals surface area contributed by atoms with Gasteiger partial charge in [0.1, 0.15) is 0 Å². The number of pyridine rings is 1. The Kier molecular flexibility index (Phi) is 6.35. The van der Waals surface area contributed by atoms with E-state index in [2.05, 4.69) is 15.4 Å². The molecule has 0 aliphatic carbocycles. The average molecular weight is 477 g/mol. The van der Waals surface area contributed by atoms with Crippen LogP contribution in [0, 0.1) is 5.92 Å². The maximum Gasteiger partial charge on any atom is 0.411 e. The molecule has 1 atom stereocenters. The summed E-state index contributed by atoms with van der Waals surface area (Å²) in [5.41, 5.74) is 2.61. The Balaban J connectivity index is 1.30. The molecule has 0 bridgehead atoms. The zero-order valence-electron chi connectivity index (χ0n) is 19.4. The minimum atomic E-state index is -1.23. The lowest BCUT2D eigenvalue weighted by Crippen LogP contribution is -2.47. The van der Waals surface area contributed by atoms with E-state index in [1.165, 1.54) is 6.42 Å². The minimum Gasteiger partial charge on any atom is -0.465 e. The predicted molar refractivity (Wildman–Crippen MR) is 129 cm³/mol. The molecule has 2 N–H and O–H groups in total. The number of benzene rings is 1. The molecule has 2 fully saturated rings. The summed E-state index contributed by atoms with van der Waals surface area (Å²) in [4.78, 5) is 45.0. The predicted octanol–water partition coefficient (Wildman–Crippen LogP) is 3.35. The molecule has 182 valence electrons. The summed E-state index contributed by atoms with van der Waals surface area (Å²) < 4.78 is 1.56. The van der Waals surface area contributed by atoms with Crippen molar-refractivity contribution >= 4 is 29.5 Å². The summed E-state index contributed by atoms with van der Waals surface area (Å²) in [5.74, 6) is -0.00562. The van der Waals surface area contributed by atoms with Crippen molar-refractivity contribution in [3.8, 4) is 11.3 Å². The van der Waals surface area contributed by atoms with Gasteiger partial charge in [0.05, 0.1) is 11.6 Å². The van der Waals surface area contributed by atoms with Crippen LogP contribution >= 0.6 is 0 Å². The normalized spacial score (nSPS) is 18.5. The Morgan fingerprint density at radius 3 is 2.40 bits per heavy atom. The molecule has 2 aliphatic heterocycles. The highest BCUT2D eigenvalue weighted by Gasteiger charge is 2.32. The lowest BCUT2D eigenvalue weighted by Gasteiger charge is -2.36. The summed E-state index contributed by atoms with van der Waals surface area (Å²) in [7, 11) is 0. The Morgan fingerprint density at radius 2 is 1.66 bits per heavy atom. The number of rotatable bonds is 4. The standard InChI is InChI=1S/C25H28N6O4/c32-22(30-15-5-6-19(16-30)23(33)29-13-2-1-3-14-29)18-11-9-17(10-12-18)20-7-4-8-21-26-24(27-25(34)35)28-31(20)21/h4,7-12,19H,1-3,5-6,13-16H2,(H,27,28)(H,34,35). The molecule has 10 nitrogen and oxygen atoms in total. The van der Waals surface area contributed by atoms with Crippen molar-refractivity contribution in [2.24, 2.45) is 5.92 Å². The maximum absolute atomic E-state index is 13.2. The second-order valence-electron chi connectivity index (χ2n) is 9.10. The number of hydrogen-bond acceptors (Lipinski definition) is 5. The van der Waals surface area contributed by atoms with E-state index in [4.69, 9.17) is 5.11 Å². The molecule has 3 amide bonds. The van der Waals surface area contributed by atoms with Crippen LogP contribution in [0.15, 0.2) is 42.5 Å².